The lowest BCUT2D eigenvalue weighted by molar-refractivity contribution is 0.302. The van der Waals surface area contributed by atoms with E-state index >= 15 is 0 Å². The third-order valence-electron chi connectivity index (χ3n) is 2.24. The lowest BCUT2D eigenvalue weighted by Gasteiger charge is -2.20. The summed E-state index contributed by atoms with van der Waals surface area (Å²) in [5, 5.41) is 12.4. The summed E-state index contributed by atoms with van der Waals surface area (Å²) in [5.74, 6) is 0.764. The minimum Gasteiger partial charge on any atom is -0.330 e. The van der Waals surface area contributed by atoms with Crippen LogP contribution in [-0.4, -0.2) is 26.8 Å². The van der Waals surface area contributed by atoms with Crippen LogP contribution in [0, 0.1) is 5.41 Å². The van der Waals surface area contributed by atoms with Crippen LogP contribution in [0.25, 0.3) is 0 Å². The summed E-state index contributed by atoms with van der Waals surface area (Å²) in [5.41, 5.74) is 5.58. The summed E-state index contributed by atoms with van der Waals surface area (Å²) in [7, 11) is 0. The highest BCUT2D eigenvalue weighted by Crippen LogP contribution is 2.18. The van der Waals surface area contributed by atoms with Crippen molar-refractivity contribution in [1.29, 1.82) is 0 Å². The van der Waals surface area contributed by atoms with Gasteiger partial charge in [-0.3, -0.25) is 0 Å². The Bertz CT molecular complexity index is 321. The van der Waals surface area contributed by atoms with Crippen LogP contribution in [0.15, 0.2) is 0 Å². The van der Waals surface area contributed by atoms with Gasteiger partial charge in [0.2, 0.25) is 0 Å². The van der Waals surface area contributed by atoms with Gasteiger partial charge in [0, 0.05) is 6.42 Å². The lowest BCUT2D eigenvalue weighted by atomic mass is 9.89. The summed E-state index contributed by atoms with van der Waals surface area (Å²) >= 11 is 0. The van der Waals surface area contributed by atoms with Crippen LogP contribution in [0.3, 0.4) is 0 Å². The normalized spacial score (nSPS) is 13.2. The van der Waals surface area contributed by atoms with Crippen LogP contribution in [0.2, 0.25) is 0 Å². The van der Waals surface area contributed by atoms with Gasteiger partial charge in [0.25, 0.3) is 0 Å². The highest BCUT2D eigenvalue weighted by Gasteiger charge is 2.22. The Hall–Kier alpha value is -0.970. The minimum absolute atomic E-state index is 0.0335. The van der Waals surface area contributed by atoms with E-state index in [9.17, 15) is 0 Å². The summed E-state index contributed by atoms with van der Waals surface area (Å²) in [6.45, 7) is 11.0. The fourth-order valence-corrected chi connectivity index (χ4v) is 1.10. The van der Waals surface area contributed by atoms with Crippen molar-refractivity contribution in [3.05, 3.63) is 5.82 Å². The molecule has 5 heteroatoms. The SMILES string of the molecule is CC(C)(CN)Cc1nnn(C(C)(C)C)n1. The van der Waals surface area contributed by atoms with E-state index in [1.165, 1.54) is 0 Å². The monoisotopic (exact) mass is 211 g/mol. The molecule has 0 unspecified atom stereocenters. The van der Waals surface area contributed by atoms with E-state index in [1.54, 1.807) is 4.80 Å². The Balaban J connectivity index is 2.78. The van der Waals surface area contributed by atoms with E-state index in [4.69, 9.17) is 5.73 Å². The standard InChI is InChI=1S/C10H21N5/c1-9(2,3)15-13-8(12-14-15)6-10(4,5)7-11/h6-7,11H2,1-5H3. The number of rotatable bonds is 3. The Labute approximate surface area is 91.0 Å². The molecule has 1 heterocycles. The molecule has 0 saturated heterocycles. The molecule has 0 spiro atoms. The Morgan fingerprint density at radius 1 is 1.20 bits per heavy atom. The molecule has 0 atom stereocenters. The first-order valence-electron chi connectivity index (χ1n) is 5.24. The van der Waals surface area contributed by atoms with Crippen molar-refractivity contribution < 1.29 is 0 Å². The number of nitrogens with two attached hydrogens (primary N) is 1. The van der Waals surface area contributed by atoms with Gasteiger partial charge in [0.15, 0.2) is 5.82 Å². The topological polar surface area (TPSA) is 69.6 Å². The van der Waals surface area contributed by atoms with Crippen LogP contribution in [-0.2, 0) is 12.0 Å². The fraction of sp³-hybridized carbons (Fsp3) is 0.900. The molecule has 0 bridgehead atoms. The van der Waals surface area contributed by atoms with Gasteiger partial charge in [0.1, 0.15) is 0 Å². The molecule has 0 amide bonds. The van der Waals surface area contributed by atoms with Gasteiger partial charge in [0.05, 0.1) is 5.54 Å². The van der Waals surface area contributed by atoms with Crippen LogP contribution in [0.1, 0.15) is 40.4 Å². The molecule has 1 aromatic rings. The van der Waals surface area contributed by atoms with Crippen molar-refractivity contribution in [2.75, 3.05) is 6.54 Å². The second kappa shape index (κ2) is 3.89. The minimum atomic E-state index is -0.113. The quantitative estimate of drug-likeness (QED) is 0.808. The summed E-state index contributed by atoms with van der Waals surface area (Å²) < 4.78 is 0. The maximum Gasteiger partial charge on any atom is 0.175 e. The van der Waals surface area contributed by atoms with Gasteiger partial charge >= 0.3 is 0 Å². The number of hydrogen-bond donors (Lipinski definition) is 1. The summed E-state index contributed by atoms with van der Waals surface area (Å²) in [6.07, 6.45) is 0.763. The van der Waals surface area contributed by atoms with Crippen molar-refractivity contribution in [2.45, 2.75) is 46.6 Å². The van der Waals surface area contributed by atoms with Crippen LogP contribution >= 0.6 is 0 Å². The molecule has 1 rings (SSSR count). The highest BCUT2D eigenvalue weighted by atomic mass is 15.6. The summed E-state index contributed by atoms with van der Waals surface area (Å²) in [4.78, 5) is 1.65. The number of aromatic nitrogens is 4. The zero-order valence-electron chi connectivity index (χ0n) is 10.3. The fourth-order valence-electron chi connectivity index (χ4n) is 1.10. The molecular formula is C10H21N5. The van der Waals surface area contributed by atoms with Gasteiger partial charge in [-0.25, -0.2) is 0 Å². The maximum atomic E-state index is 5.66. The second-order valence-corrected chi connectivity index (χ2v) is 5.71. The zero-order valence-corrected chi connectivity index (χ0v) is 10.3. The first-order chi connectivity index (χ1) is 6.74. The van der Waals surface area contributed by atoms with E-state index in [2.05, 4.69) is 29.3 Å². The van der Waals surface area contributed by atoms with Crippen LogP contribution in [0.4, 0.5) is 0 Å². The van der Waals surface area contributed by atoms with Crippen LogP contribution in [0.5, 0.6) is 0 Å². The van der Waals surface area contributed by atoms with E-state index in [1.807, 2.05) is 20.8 Å². The van der Waals surface area contributed by atoms with Crippen molar-refractivity contribution >= 4 is 0 Å². The zero-order chi connectivity index (χ0) is 11.7. The first kappa shape index (κ1) is 12.1. The molecule has 2 N–H and O–H groups in total. The molecule has 5 nitrogen and oxygen atoms in total. The second-order valence-electron chi connectivity index (χ2n) is 5.71. The van der Waals surface area contributed by atoms with Gasteiger partial charge in [-0.1, -0.05) is 13.8 Å². The average molecular weight is 211 g/mol. The highest BCUT2D eigenvalue weighted by molar-refractivity contribution is 4.87. The molecule has 0 saturated carbocycles. The van der Waals surface area contributed by atoms with Crippen molar-refractivity contribution in [1.82, 2.24) is 20.2 Å². The Morgan fingerprint density at radius 3 is 2.20 bits per heavy atom. The largest absolute Gasteiger partial charge is 0.330 e. The molecule has 86 valence electrons. The number of nitrogens with zero attached hydrogens (tertiary/aromatic N) is 4. The molecular weight excluding hydrogens is 190 g/mol. The van der Waals surface area contributed by atoms with Crippen molar-refractivity contribution in [3.8, 4) is 0 Å². The Kier molecular flexibility index (Phi) is 3.13. The molecule has 0 aliphatic heterocycles. The molecule has 0 aliphatic carbocycles. The van der Waals surface area contributed by atoms with Gasteiger partial charge in [-0.2, -0.15) is 4.80 Å². The van der Waals surface area contributed by atoms with E-state index in [-0.39, 0.29) is 11.0 Å². The molecule has 0 radical (unpaired) electrons. The van der Waals surface area contributed by atoms with Gasteiger partial charge < -0.3 is 5.73 Å². The van der Waals surface area contributed by atoms with Gasteiger partial charge in [-0.15, -0.1) is 10.2 Å². The van der Waals surface area contributed by atoms with Crippen molar-refractivity contribution in [2.24, 2.45) is 11.1 Å². The smallest absolute Gasteiger partial charge is 0.175 e. The van der Waals surface area contributed by atoms with Crippen molar-refractivity contribution in [3.63, 3.8) is 0 Å². The lowest BCUT2D eigenvalue weighted by Crippen LogP contribution is -2.27. The van der Waals surface area contributed by atoms with E-state index in [0.29, 0.717) is 6.54 Å². The molecule has 0 aromatic carbocycles. The maximum absolute atomic E-state index is 5.66. The number of tetrazole rings is 1. The molecule has 1 aromatic heterocycles. The van der Waals surface area contributed by atoms with E-state index in [0.717, 1.165) is 12.2 Å². The Morgan fingerprint density at radius 2 is 1.80 bits per heavy atom. The molecule has 15 heavy (non-hydrogen) atoms. The number of hydrogen-bond acceptors (Lipinski definition) is 4. The third-order valence-corrected chi connectivity index (χ3v) is 2.24. The van der Waals surface area contributed by atoms with Gasteiger partial charge in [-0.05, 0) is 37.9 Å². The average Bonchev–Trinajstić information content (AvgIpc) is 2.51. The predicted octanol–water partition coefficient (Wildman–Crippen LogP) is 0.955. The molecule has 0 fully saturated rings. The predicted molar refractivity (Wildman–Crippen MR) is 59.4 cm³/mol. The summed E-state index contributed by atoms with van der Waals surface area (Å²) in [6, 6.07) is 0. The third kappa shape index (κ3) is 3.27. The van der Waals surface area contributed by atoms with E-state index < -0.39 is 0 Å². The first-order valence-corrected chi connectivity index (χ1v) is 5.24. The molecule has 0 aliphatic rings. The van der Waals surface area contributed by atoms with Crippen LogP contribution < -0.4 is 5.73 Å².